The number of nitrogens with one attached hydrogen (secondary N) is 1. The van der Waals surface area contributed by atoms with Crippen molar-refractivity contribution in [3.05, 3.63) is 46.3 Å². The second kappa shape index (κ2) is 5.47. The summed E-state index contributed by atoms with van der Waals surface area (Å²) in [4.78, 5) is 0. The summed E-state index contributed by atoms with van der Waals surface area (Å²) in [6, 6.07) is 7.28. The van der Waals surface area contributed by atoms with E-state index in [1.807, 2.05) is 19.1 Å². The Morgan fingerprint density at radius 1 is 1.24 bits per heavy atom. The Morgan fingerprint density at radius 3 is 2.76 bits per heavy atom. The number of hydrogen-bond donors (Lipinski definition) is 2. The molecule has 0 aliphatic carbocycles. The molecule has 0 unspecified atom stereocenters. The quantitative estimate of drug-likeness (QED) is 0.728. The van der Waals surface area contributed by atoms with Crippen molar-refractivity contribution in [1.29, 1.82) is 0 Å². The van der Waals surface area contributed by atoms with Crippen molar-refractivity contribution in [1.82, 2.24) is 10.2 Å². The van der Waals surface area contributed by atoms with Crippen LogP contribution in [-0.4, -0.2) is 10.2 Å². The molecule has 0 bridgehead atoms. The van der Waals surface area contributed by atoms with Gasteiger partial charge in [0, 0.05) is 12.0 Å². The van der Waals surface area contributed by atoms with Crippen LogP contribution in [-0.2, 0) is 6.42 Å². The molecule has 3 aromatic rings. The second-order valence-corrected chi connectivity index (χ2v) is 5.41. The standard InChI is InChI=1S/C15H13Cl2N3O/c1-2-12-9(5-6-21-12)14-13(15(18)20-19-14)8-3-4-10(16)11(17)7-8/h3-7H,2H2,1H3,(H3,18,19,20). The number of H-pyrrole nitrogens is 1. The molecule has 0 atom stereocenters. The monoisotopic (exact) mass is 321 g/mol. The van der Waals surface area contributed by atoms with Crippen LogP contribution in [0.2, 0.25) is 10.0 Å². The molecule has 3 N–H and O–H groups in total. The summed E-state index contributed by atoms with van der Waals surface area (Å²) >= 11 is 12.1. The number of rotatable bonds is 3. The van der Waals surface area contributed by atoms with Gasteiger partial charge < -0.3 is 10.2 Å². The minimum atomic E-state index is 0.409. The number of nitrogen functional groups attached to an aromatic ring is 1. The molecule has 2 aromatic heterocycles. The van der Waals surface area contributed by atoms with E-state index in [0.29, 0.717) is 15.9 Å². The van der Waals surface area contributed by atoms with E-state index in [4.69, 9.17) is 33.4 Å². The first-order chi connectivity index (χ1) is 10.1. The Labute approximate surface area is 131 Å². The molecule has 108 valence electrons. The Balaban J connectivity index is 2.19. The first-order valence-electron chi connectivity index (χ1n) is 6.47. The highest BCUT2D eigenvalue weighted by Crippen LogP contribution is 2.38. The molecule has 1 aromatic carbocycles. The molecule has 0 aliphatic rings. The zero-order valence-electron chi connectivity index (χ0n) is 11.3. The van der Waals surface area contributed by atoms with Crippen LogP contribution < -0.4 is 5.73 Å². The largest absolute Gasteiger partial charge is 0.469 e. The lowest BCUT2D eigenvalue weighted by Gasteiger charge is -2.06. The number of aryl methyl sites for hydroxylation is 1. The van der Waals surface area contributed by atoms with Gasteiger partial charge in [-0.2, -0.15) is 5.10 Å². The summed E-state index contributed by atoms with van der Waals surface area (Å²) in [6.07, 6.45) is 2.44. The summed E-state index contributed by atoms with van der Waals surface area (Å²) < 4.78 is 5.48. The van der Waals surface area contributed by atoms with Crippen molar-refractivity contribution in [2.75, 3.05) is 5.73 Å². The normalized spacial score (nSPS) is 11.0. The molecule has 2 heterocycles. The average molecular weight is 322 g/mol. The summed E-state index contributed by atoms with van der Waals surface area (Å²) in [7, 11) is 0. The molecule has 0 fully saturated rings. The first-order valence-corrected chi connectivity index (χ1v) is 7.23. The molecule has 0 amide bonds. The zero-order chi connectivity index (χ0) is 15.0. The van der Waals surface area contributed by atoms with E-state index in [2.05, 4.69) is 10.2 Å². The number of hydrogen-bond acceptors (Lipinski definition) is 3. The molecule has 21 heavy (non-hydrogen) atoms. The number of benzene rings is 1. The third kappa shape index (κ3) is 2.41. The van der Waals surface area contributed by atoms with Gasteiger partial charge >= 0.3 is 0 Å². The Kier molecular flexibility index (Phi) is 3.66. The lowest BCUT2D eigenvalue weighted by atomic mass is 10.0. The van der Waals surface area contributed by atoms with Crippen LogP contribution in [0, 0.1) is 0 Å². The highest BCUT2D eigenvalue weighted by Gasteiger charge is 2.19. The van der Waals surface area contributed by atoms with E-state index in [0.717, 1.165) is 34.6 Å². The summed E-state index contributed by atoms with van der Waals surface area (Å²) in [5.74, 6) is 1.28. The number of anilines is 1. The minimum Gasteiger partial charge on any atom is -0.469 e. The van der Waals surface area contributed by atoms with Crippen molar-refractivity contribution in [2.24, 2.45) is 0 Å². The van der Waals surface area contributed by atoms with E-state index >= 15 is 0 Å². The highest BCUT2D eigenvalue weighted by molar-refractivity contribution is 6.42. The third-order valence-electron chi connectivity index (χ3n) is 3.34. The van der Waals surface area contributed by atoms with Crippen molar-refractivity contribution < 1.29 is 4.42 Å². The zero-order valence-corrected chi connectivity index (χ0v) is 12.8. The number of halogens is 2. The summed E-state index contributed by atoms with van der Waals surface area (Å²) in [5, 5.41) is 8.06. The molecule has 0 aliphatic heterocycles. The molecule has 6 heteroatoms. The third-order valence-corrected chi connectivity index (χ3v) is 4.08. The van der Waals surface area contributed by atoms with Crippen LogP contribution in [0.1, 0.15) is 12.7 Å². The topological polar surface area (TPSA) is 67.8 Å². The molecule has 0 saturated carbocycles. The number of furan rings is 1. The predicted molar refractivity (Wildman–Crippen MR) is 85.5 cm³/mol. The number of nitrogens with two attached hydrogens (primary N) is 1. The number of aromatic amines is 1. The van der Waals surface area contributed by atoms with Gasteiger partial charge in [0.05, 0.1) is 27.6 Å². The van der Waals surface area contributed by atoms with Crippen LogP contribution in [0.5, 0.6) is 0 Å². The maximum atomic E-state index is 6.10. The maximum Gasteiger partial charge on any atom is 0.153 e. The van der Waals surface area contributed by atoms with E-state index in [-0.39, 0.29) is 0 Å². The Bertz CT molecular complexity index is 792. The molecular formula is C15H13Cl2N3O. The van der Waals surface area contributed by atoms with Gasteiger partial charge in [-0.05, 0) is 23.8 Å². The van der Waals surface area contributed by atoms with Gasteiger partial charge in [0.2, 0.25) is 0 Å². The fourth-order valence-electron chi connectivity index (χ4n) is 2.33. The lowest BCUT2D eigenvalue weighted by molar-refractivity contribution is 0.517. The molecule has 3 rings (SSSR count). The van der Waals surface area contributed by atoms with Crippen molar-refractivity contribution in [3.63, 3.8) is 0 Å². The van der Waals surface area contributed by atoms with E-state index < -0.39 is 0 Å². The van der Waals surface area contributed by atoms with E-state index in [1.165, 1.54) is 0 Å². The van der Waals surface area contributed by atoms with Crippen molar-refractivity contribution in [2.45, 2.75) is 13.3 Å². The fourth-order valence-corrected chi connectivity index (χ4v) is 2.63. The summed E-state index contributed by atoms with van der Waals surface area (Å²) in [5.41, 5.74) is 9.42. The summed E-state index contributed by atoms with van der Waals surface area (Å²) in [6.45, 7) is 2.03. The van der Waals surface area contributed by atoms with Gasteiger partial charge in [0.1, 0.15) is 5.76 Å². The number of nitrogens with zero attached hydrogens (tertiary/aromatic N) is 1. The number of aromatic nitrogens is 2. The van der Waals surface area contributed by atoms with Gasteiger partial charge in [-0.1, -0.05) is 36.2 Å². The van der Waals surface area contributed by atoms with E-state index in [1.54, 1.807) is 18.4 Å². The second-order valence-electron chi connectivity index (χ2n) is 4.60. The van der Waals surface area contributed by atoms with Crippen LogP contribution in [0.15, 0.2) is 34.9 Å². The maximum absolute atomic E-state index is 6.10. The lowest BCUT2D eigenvalue weighted by Crippen LogP contribution is -1.90. The Hall–Kier alpha value is -1.91. The van der Waals surface area contributed by atoms with Gasteiger partial charge in [0.25, 0.3) is 0 Å². The van der Waals surface area contributed by atoms with Crippen LogP contribution in [0.25, 0.3) is 22.4 Å². The molecular weight excluding hydrogens is 309 g/mol. The molecule has 0 saturated heterocycles. The smallest absolute Gasteiger partial charge is 0.153 e. The first kappa shape index (κ1) is 14.0. The van der Waals surface area contributed by atoms with Gasteiger partial charge in [-0.15, -0.1) is 0 Å². The van der Waals surface area contributed by atoms with Crippen molar-refractivity contribution in [3.8, 4) is 22.4 Å². The average Bonchev–Trinajstić information content (AvgIpc) is 3.07. The molecule has 0 radical (unpaired) electrons. The molecule has 0 spiro atoms. The Morgan fingerprint density at radius 2 is 2.05 bits per heavy atom. The van der Waals surface area contributed by atoms with Crippen LogP contribution in [0.4, 0.5) is 5.82 Å². The molecule has 4 nitrogen and oxygen atoms in total. The van der Waals surface area contributed by atoms with Gasteiger partial charge in [-0.25, -0.2) is 0 Å². The van der Waals surface area contributed by atoms with Crippen LogP contribution in [0.3, 0.4) is 0 Å². The van der Waals surface area contributed by atoms with Gasteiger partial charge in [0.15, 0.2) is 5.82 Å². The minimum absolute atomic E-state index is 0.409. The van der Waals surface area contributed by atoms with Crippen LogP contribution >= 0.6 is 23.2 Å². The predicted octanol–water partition coefficient (Wildman–Crippen LogP) is 4.79. The fraction of sp³-hybridized carbons (Fsp3) is 0.133. The van der Waals surface area contributed by atoms with E-state index in [9.17, 15) is 0 Å². The van der Waals surface area contributed by atoms with Gasteiger partial charge in [-0.3, -0.25) is 5.10 Å². The highest BCUT2D eigenvalue weighted by atomic mass is 35.5. The SMILES string of the molecule is CCc1occc1-c1[nH]nc(N)c1-c1ccc(Cl)c(Cl)c1. The van der Waals surface area contributed by atoms with Crippen molar-refractivity contribution >= 4 is 29.0 Å².